The first-order valence-corrected chi connectivity index (χ1v) is 9.74. The molecular weight excluding hydrogens is 341 g/mol. The zero-order valence-electron chi connectivity index (χ0n) is 13.9. The molecule has 0 amide bonds. The second-order valence-electron chi connectivity index (χ2n) is 5.80. The zero-order chi connectivity index (χ0) is 18.1. The number of nitrogens with one attached hydrogen (secondary N) is 1. The highest BCUT2D eigenvalue weighted by Gasteiger charge is 2.21. The first-order valence-electron chi connectivity index (χ1n) is 8.18. The minimum atomic E-state index is -4.64. The van der Waals surface area contributed by atoms with E-state index in [-0.39, 0.29) is 6.10 Å². The Hall–Kier alpha value is -1.53. The predicted octanol–water partition coefficient (Wildman–Crippen LogP) is 2.62. The maximum absolute atomic E-state index is 8.88. The van der Waals surface area contributed by atoms with Crippen LogP contribution in [0.5, 0.6) is 0 Å². The molecule has 0 aromatic heterocycles. The van der Waals surface area contributed by atoms with E-state index in [4.69, 9.17) is 24.0 Å². The average Bonchev–Trinajstić information content (AvgIpc) is 2.61. The first-order chi connectivity index (χ1) is 11.9. The number of piperidine rings is 1. The smallest absolute Gasteiger partial charge is 0.365 e. The molecule has 7 heteroatoms. The Morgan fingerprint density at radius 1 is 0.880 bits per heavy atom. The molecule has 6 nitrogen and oxygen atoms in total. The Morgan fingerprint density at radius 3 is 1.68 bits per heavy atom. The van der Waals surface area contributed by atoms with Crippen molar-refractivity contribution >= 4 is 7.82 Å². The second-order valence-corrected chi connectivity index (χ2v) is 6.83. The minimum Gasteiger partial charge on any atom is -0.365 e. The van der Waals surface area contributed by atoms with Crippen molar-refractivity contribution < 1.29 is 24.0 Å². The number of hydrogen-bond donors (Lipinski definition) is 4. The summed E-state index contributed by atoms with van der Waals surface area (Å²) in [6.45, 7) is 2.11. The van der Waals surface area contributed by atoms with E-state index in [0.29, 0.717) is 6.10 Å². The lowest BCUT2D eigenvalue weighted by atomic mass is 10.0. The molecule has 0 atom stereocenters. The van der Waals surface area contributed by atoms with E-state index in [1.807, 2.05) is 0 Å². The van der Waals surface area contributed by atoms with Crippen molar-refractivity contribution in [3.8, 4) is 0 Å². The lowest BCUT2D eigenvalue weighted by Gasteiger charge is -2.28. The van der Waals surface area contributed by atoms with Crippen LogP contribution in [-0.4, -0.2) is 33.9 Å². The van der Waals surface area contributed by atoms with Crippen LogP contribution in [0.15, 0.2) is 60.7 Å². The van der Waals surface area contributed by atoms with Gasteiger partial charge in [-0.3, -0.25) is 0 Å². The van der Waals surface area contributed by atoms with Crippen LogP contribution >= 0.6 is 7.82 Å². The highest BCUT2D eigenvalue weighted by molar-refractivity contribution is 7.45. The fraction of sp³-hybridized carbons (Fsp3) is 0.333. The van der Waals surface area contributed by atoms with E-state index in [0.717, 1.165) is 25.9 Å². The van der Waals surface area contributed by atoms with Gasteiger partial charge in [0.2, 0.25) is 0 Å². The SMILES string of the molecule is O=P(O)(O)O.c1ccc(C(OC2CCNCC2)c2ccccc2)cc1. The number of benzene rings is 2. The van der Waals surface area contributed by atoms with Gasteiger partial charge in [-0.1, -0.05) is 60.7 Å². The molecular formula is C18H24NO5P. The number of rotatable bonds is 4. The third-order valence-corrected chi connectivity index (χ3v) is 3.82. The van der Waals surface area contributed by atoms with E-state index in [1.165, 1.54) is 11.1 Å². The highest BCUT2D eigenvalue weighted by Crippen LogP contribution is 2.29. The molecule has 1 aliphatic heterocycles. The largest absolute Gasteiger partial charge is 0.466 e. The van der Waals surface area contributed by atoms with Gasteiger partial charge in [-0.2, -0.15) is 0 Å². The third-order valence-electron chi connectivity index (χ3n) is 3.82. The molecule has 1 saturated heterocycles. The van der Waals surface area contributed by atoms with Crippen LogP contribution in [0.4, 0.5) is 0 Å². The van der Waals surface area contributed by atoms with E-state index in [1.54, 1.807) is 0 Å². The van der Waals surface area contributed by atoms with Crippen molar-refractivity contribution in [3.63, 3.8) is 0 Å². The molecule has 0 bridgehead atoms. The topological polar surface area (TPSA) is 99.0 Å². The minimum absolute atomic E-state index is 0.0421. The summed E-state index contributed by atoms with van der Waals surface area (Å²) < 4.78 is 15.3. The molecule has 25 heavy (non-hydrogen) atoms. The molecule has 2 aromatic carbocycles. The summed E-state index contributed by atoms with van der Waals surface area (Å²) >= 11 is 0. The van der Waals surface area contributed by atoms with Crippen LogP contribution in [0, 0.1) is 0 Å². The van der Waals surface area contributed by atoms with E-state index in [9.17, 15) is 0 Å². The van der Waals surface area contributed by atoms with Gasteiger partial charge in [-0.05, 0) is 37.1 Å². The molecule has 0 radical (unpaired) electrons. The van der Waals surface area contributed by atoms with Crippen molar-refractivity contribution in [2.24, 2.45) is 0 Å². The van der Waals surface area contributed by atoms with Gasteiger partial charge in [-0.25, -0.2) is 4.57 Å². The second kappa shape index (κ2) is 9.82. The van der Waals surface area contributed by atoms with Crippen molar-refractivity contribution in [1.82, 2.24) is 5.32 Å². The Bertz CT molecular complexity index is 608. The molecule has 1 fully saturated rings. The summed E-state index contributed by atoms with van der Waals surface area (Å²) in [7, 11) is -4.64. The van der Waals surface area contributed by atoms with E-state index >= 15 is 0 Å². The van der Waals surface area contributed by atoms with E-state index in [2.05, 4.69) is 66.0 Å². The first kappa shape index (κ1) is 19.8. The molecule has 1 heterocycles. The van der Waals surface area contributed by atoms with Crippen molar-refractivity contribution in [3.05, 3.63) is 71.8 Å². The summed E-state index contributed by atoms with van der Waals surface area (Å²) in [5.74, 6) is 0. The molecule has 0 unspecified atom stereocenters. The summed E-state index contributed by atoms with van der Waals surface area (Å²) in [6.07, 6.45) is 2.58. The standard InChI is InChI=1S/C18H21NO.H3O4P/c1-3-7-15(8-4-1)18(16-9-5-2-6-10-16)20-17-11-13-19-14-12-17;1-5(2,3)4/h1-10,17-19H,11-14H2;(H3,1,2,3,4). The Kier molecular flexibility index (Phi) is 7.78. The van der Waals surface area contributed by atoms with Gasteiger partial charge in [0, 0.05) is 0 Å². The van der Waals surface area contributed by atoms with Gasteiger partial charge in [-0.15, -0.1) is 0 Å². The molecule has 2 aromatic rings. The number of hydrogen-bond acceptors (Lipinski definition) is 3. The van der Waals surface area contributed by atoms with Crippen LogP contribution in [0.25, 0.3) is 0 Å². The molecule has 3 rings (SSSR count). The normalized spacial score (nSPS) is 15.5. The van der Waals surface area contributed by atoms with Crippen molar-refractivity contribution in [2.75, 3.05) is 13.1 Å². The molecule has 136 valence electrons. The molecule has 0 aliphatic carbocycles. The highest BCUT2D eigenvalue weighted by atomic mass is 31.2. The monoisotopic (exact) mass is 365 g/mol. The van der Waals surface area contributed by atoms with Crippen molar-refractivity contribution in [2.45, 2.75) is 25.0 Å². The lowest BCUT2D eigenvalue weighted by molar-refractivity contribution is -0.00805. The van der Waals surface area contributed by atoms with Crippen LogP contribution in [0.3, 0.4) is 0 Å². The van der Waals surface area contributed by atoms with Gasteiger partial charge < -0.3 is 24.7 Å². The predicted molar refractivity (Wildman–Crippen MR) is 96.0 cm³/mol. The van der Waals surface area contributed by atoms with Gasteiger partial charge >= 0.3 is 7.82 Å². The Morgan fingerprint density at radius 2 is 1.28 bits per heavy atom. The summed E-state index contributed by atoms with van der Waals surface area (Å²) in [6, 6.07) is 21.0. The molecule has 4 N–H and O–H groups in total. The maximum Gasteiger partial charge on any atom is 0.466 e. The molecule has 0 spiro atoms. The zero-order valence-corrected chi connectivity index (χ0v) is 14.8. The van der Waals surface area contributed by atoms with Crippen molar-refractivity contribution in [1.29, 1.82) is 0 Å². The lowest BCUT2D eigenvalue weighted by Crippen LogP contribution is -2.33. The molecule has 1 aliphatic rings. The summed E-state index contributed by atoms with van der Waals surface area (Å²) in [5.41, 5.74) is 2.47. The Labute approximate surface area is 147 Å². The quantitative estimate of drug-likeness (QED) is 0.622. The maximum atomic E-state index is 8.88. The fourth-order valence-electron chi connectivity index (χ4n) is 2.73. The van der Waals surface area contributed by atoms with Crippen LogP contribution < -0.4 is 5.32 Å². The van der Waals surface area contributed by atoms with Crippen LogP contribution in [-0.2, 0) is 9.30 Å². The van der Waals surface area contributed by atoms with Crippen LogP contribution in [0.2, 0.25) is 0 Å². The van der Waals surface area contributed by atoms with Gasteiger partial charge in [0.15, 0.2) is 0 Å². The summed E-state index contributed by atoms with van der Waals surface area (Å²) in [5, 5.41) is 3.39. The average molecular weight is 365 g/mol. The fourth-order valence-corrected chi connectivity index (χ4v) is 2.73. The van der Waals surface area contributed by atoms with Crippen LogP contribution in [0.1, 0.15) is 30.1 Å². The summed E-state index contributed by atoms with van der Waals surface area (Å²) in [4.78, 5) is 21.6. The van der Waals surface area contributed by atoms with Gasteiger partial charge in [0.05, 0.1) is 6.10 Å². The van der Waals surface area contributed by atoms with Gasteiger partial charge in [0.1, 0.15) is 6.10 Å². The number of ether oxygens (including phenoxy) is 1. The van der Waals surface area contributed by atoms with Gasteiger partial charge in [0.25, 0.3) is 0 Å². The third kappa shape index (κ3) is 7.92. The Balaban J connectivity index is 0.000000399. The molecule has 0 saturated carbocycles. The van der Waals surface area contributed by atoms with E-state index < -0.39 is 7.82 Å². The number of phosphoric acid groups is 1.